The van der Waals surface area contributed by atoms with Crippen molar-refractivity contribution in [3.8, 4) is 11.5 Å². The highest BCUT2D eigenvalue weighted by atomic mass is 32.1. The maximum atomic E-state index is 5.53. The molecule has 2 aliphatic rings. The Kier molecular flexibility index (Phi) is 3.70. The molecule has 1 aromatic rings. The van der Waals surface area contributed by atoms with Crippen molar-refractivity contribution in [1.29, 1.82) is 0 Å². The number of benzene rings is 1. The molecule has 2 aliphatic heterocycles. The first-order valence-electron chi connectivity index (χ1n) is 6.37. The van der Waals surface area contributed by atoms with Gasteiger partial charge in [0, 0.05) is 24.9 Å². The molecule has 102 valence electrons. The van der Waals surface area contributed by atoms with E-state index in [-0.39, 0.29) is 12.9 Å². The number of rotatable bonds is 3. The van der Waals surface area contributed by atoms with E-state index >= 15 is 0 Å². The van der Waals surface area contributed by atoms with Gasteiger partial charge in [0.2, 0.25) is 6.79 Å². The van der Waals surface area contributed by atoms with Gasteiger partial charge in [-0.1, -0.05) is 0 Å². The second-order valence-electron chi connectivity index (χ2n) is 4.54. The van der Waals surface area contributed by atoms with Crippen LogP contribution in [0.1, 0.15) is 12.8 Å². The van der Waals surface area contributed by atoms with Crippen LogP contribution < -0.4 is 20.1 Å². The minimum atomic E-state index is 0.275. The number of fused-ring (bicyclic) bond motifs is 1. The second-order valence-corrected chi connectivity index (χ2v) is 4.95. The van der Waals surface area contributed by atoms with E-state index in [1.54, 1.807) is 0 Å². The van der Waals surface area contributed by atoms with Crippen LogP contribution in [0.15, 0.2) is 18.2 Å². The fourth-order valence-electron chi connectivity index (χ4n) is 2.16. The number of ether oxygens (including phenoxy) is 3. The van der Waals surface area contributed by atoms with E-state index in [0.717, 1.165) is 43.2 Å². The first-order valence-corrected chi connectivity index (χ1v) is 6.78. The summed E-state index contributed by atoms with van der Waals surface area (Å²) in [4.78, 5) is 0. The van der Waals surface area contributed by atoms with Crippen LogP contribution in [0, 0.1) is 0 Å². The molecule has 0 amide bonds. The van der Waals surface area contributed by atoms with Crippen LogP contribution >= 0.6 is 12.2 Å². The van der Waals surface area contributed by atoms with Gasteiger partial charge in [-0.05, 0) is 37.2 Å². The SMILES string of the molecule is S=C(NC[C@H]1CCCO1)Nc1ccc2c(c1)OCO2. The summed E-state index contributed by atoms with van der Waals surface area (Å²) in [5, 5.41) is 6.88. The minimum absolute atomic E-state index is 0.275. The lowest BCUT2D eigenvalue weighted by atomic mass is 10.2. The Hall–Kier alpha value is -1.53. The van der Waals surface area contributed by atoms with E-state index < -0.39 is 0 Å². The maximum Gasteiger partial charge on any atom is 0.231 e. The molecule has 0 aromatic heterocycles. The molecule has 5 nitrogen and oxygen atoms in total. The Morgan fingerprint density at radius 3 is 3.05 bits per heavy atom. The van der Waals surface area contributed by atoms with Gasteiger partial charge in [0.1, 0.15) is 0 Å². The number of nitrogens with one attached hydrogen (secondary N) is 2. The van der Waals surface area contributed by atoms with Crippen molar-refractivity contribution in [2.75, 3.05) is 25.3 Å². The van der Waals surface area contributed by atoms with Crippen molar-refractivity contribution in [2.24, 2.45) is 0 Å². The van der Waals surface area contributed by atoms with Gasteiger partial charge in [-0.2, -0.15) is 0 Å². The first kappa shape index (κ1) is 12.5. The van der Waals surface area contributed by atoms with Gasteiger partial charge in [-0.25, -0.2) is 0 Å². The third-order valence-electron chi connectivity index (χ3n) is 3.14. The third kappa shape index (κ3) is 3.08. The van der Waals surface area contributed by atoms with Crippen molar-refractivity contribution in [3.05, 3.63) is 18.2 Å². The largest absolute Gasteiger partial charge is 0.454 e. The molecule has 0 saturated carbocycles. The van der Waals surface area contributed by atoms with E-state index in [2.05, 4.69) is 10.6 Å². The van der Waals surface area contributed by atoms with Crippen LogP contribution in [0.25, 0.3) is 0 Å². The summed E-state index contributed by atoms with van der Waals surface area (Å²) in [5.74, 6) is 1.51. The molecule has 0 spiro atoms. The molecule has 1 aromatic carbocycles. The summed E-state index contributed by atoms with van der Waals surface area (Å²) >= 11 is 5.25. The second kappa shape index (κ2) is 5.63. The van der Waals surface area contributed by atoms with Crippen LogP contribution in [-0.2, 0) is 4.74 Å². The Balaban J connectivity index is 1.51. The number of anilines is 1. The minimum Gasteiger partial charge on any atom is -0.454 e. The molecule has 2 N–H and O–H groups in total. The molecule has 0 aliphatic carbocycles. The number of hydrogen-bond donors (Lipinski definition) is 2. The van der Waals surface area contributed by atoms with E-state index in [4.69, 9.17) is 26.4 Å². The molecule has 1 saturated heterocycles. The van der Waals surface area contributed by atoms with Crippen LogP contribution in [-0.4, -0.2) is 31.2 Å². The average Bonchev–Trinajstić information content (AvgIpc) is 3.07. The summed E-state index contributed by atoms with van der Waals surface area (Å²) in [6, 6.07) is 5.66. The molecule has 0 unspecified atom stereocenters. The number of hydrogen-bond acceptors (Lipinski definition) is 4. The van der Waals surface area contributed by atoms with E-state index in [9.17, 15) is 0 Å². The van der Waals surface area contributed by atoms with Crippen molar-refractivity contribution in [2.45, 2.75) is 18.9 Å². The Bertz CT molecular complexity index is 475. The molecule has 0 radical (unpaired) electrons. The van der Waals surface area contributed by atoms with Gasteiger partial charge in [0.05, 0.1) is 6.10 Å². The van der Waals surface area contributed by atoms with Gasteiger partial charge in [-0.15, -0.1) is 0 Å². The lowest BCUT2D eigenvalue weighted by Crippen LogP contribution is -2.34. The highest BCUT2D eigenvalue weighted by molar-refractivity contribution is 7.80. The van der Waals surface area contributed by atoms with Crippen molar-refractivity contribution in [1.82, 2.24) is 5.32 Å². The summed E-state index contributed by atoms with van der Waals surface area (Å²) < 4.78 is 16.1. The van der Waals surface area contributed by atoms with Crippen molar-refractivity contribution < 1.29 is 14.2 Å². The van der Waals surface area contributed by atoms with Crippen LogP contribution in [0.5, 0.6) is 11.5 Å². The monoisotopic (exact) mass is 280 g/mol. The van der Waals surface area contributed by atoms with Crippen molar-refractivity contribution in [3.63, 3.8) is 0 Å². The predicted molar refractivity (Wildman–Crippen MR) is 75.8 cm³/mol. The van der Waals surface area contributed by atoms with E-state index in [1.807, 2.05) is 18.2 Å². The molecule has 19 heavy (non-hydrogen) atoms. The van der Waals surface area contributed by atoms with E-state index in [0.29, 0.717) is 5.11 Å². The van der Waals surface area contributed by atoms with Gasteiger partial charge in [0.25, 0.3) is 0 Å². The predicted octanol–water partition coefficient (Wildman–Crippen LogP) is 1.88. The zero-order chi connectivity index (χ0) is 13.1. The fourth-order valence-corrected chi connectivity index (χ4v) is 2.36. The fraction of sp³-hybridized carbons (Fsp3) is 0.462. The highest BCUT2D eigenvalue weighted by Crippen LogP contribution is 2.34. The molecule has 6 heteroatoms. The smallest absolute Gasteiger partial charge is 0.231 e. The quantitative estimate of drug-likeness (QED) is 0.825. The molecule has 1 fully saturated rings. The molecular weight excluding hydrogens is 264 g/mol. The molecule has 0 bridgehead atoms. The molecule has 2 heterocycles. The van der Waals surface area contributed by atoms with Gasteiger partial charge < -0.3 is 24.8 Å². The zero-order valence-electron chi connectivity index (χ0n) is 10.5. The Morgan fingerprint density at radius 1 is 1.32 bits per heavy atom. The topological polar surface area (TPSA) is 51.8 Å². The Labute approximate surface area is 117 Å². The number of thiocarbonyl (C=S) groups is 1. The normalized spacial score (nSPS) is 20.3. The lowest BCUT2D eigenvalue weighted by molar-refractivity contribution is 0.114. The summed E-state index contributed by atoms with van der Waals surface area (Å²) in [5.41, 5.74) is 0.883. The molecule has 3 rings (SSSR count). The third-order valence-corrected chi connectivity index (χ3v) is 3.39. The average molecular weight is 280 g/mol. The molecule has 1 atom stereocenters. The molecular formula is C13H16N2O3S. The van der Waals surface area contributed by atoms with Crippen molar-refractivity contribution >= 4 is 23.0 Å². The van der Waals surface area contributed by atoms with Gasteiger partial charge >= 0.3 is 0 Å². The first-order chi connectivity index (χ1) is 9.31. The summed E-state index contributed by atoms with van der Waals surface area (Å²) in [6.07, 6.45) is 2.51. The summed E-state index contributed by atoms with van der Waals surface area (Å²) in [6.45, 7) is 1.88. The van der Waals surface area contributed by atoms with Gasteiger partial charge in [0.15, 0.2) is 16.6 Å². The summed E-state index contributed by atoms with van der Waals surface area (Å²) in [7, 11) is 0. The van der Waals surface area contributed by atoms with Crippen LogP contribution in [0.2, 0.25) is 0 Å². The Morgan fingerprint density at radius 2 is 2.21 bits per heavy atom. The van der Waals surface area contributed by atoms with Crippen LogP contribution in [0.4, 0.5) is 5.69 Å². The highest BCUT2D eigenvalue weighted by Gasteiger charge is 2.16. The van der Waals surface area contributed by atoms with Crippen LogP contribution in [0.3, 0.4) is 0 Å². The zero-order valence-corrected chi connectivity index (χ0v) is 11.3. The lowest BCUT2D eigenvalue weighted by Gasteiger charge is -2.14. The van der Waals surface area contributed by atoms with Gasteiger partial charge in [-0.3, -0.25) is 0 Å². The standard InChI is InChI=1S/C13H16N2O3S/c19-13(14-7-10-2-1-5-16-10)15-9-3-4-11-12(6-9)18-8-17-11/h3-4,6,10H,1-2,5,7-8H2,(H2,14,15,19)/t10-/m1/s1. The maximum absolute atomic E-state index is 5.53. The van der Waals surface area contributed by atoms with E-state index in [1.165, 1.54) is 0 Å².